The lowest BCUT2D eigenvalue weighted by Crippen LogP contribution is -2.23. The SMILES string of the molecule is Cc1cc(CNC(=O)c2c(-c3c(F)cccc3Cl)noc2C)ccc1F. The number of benzene rings is 2. The Hall–Kier alpha value is -2.73. The summed E-state index contributed by atoms with van der Waals surface area (Å²) in [5.41, 5.74) is 1.37. The van der Waals surface area contributed by atoms with Gasteiger partial charge in [-0.3, -0.25) is 4.79 Å². The molecular weight excluding hydrogens is 362 g/mol. The van der Waals surface area contributed by atoms with Gasteiger partial charge in [0.15, 0.2) is 0 Å². The summed E-state index contributed by atoms with van der Waals surface area (Å²) in [5.74, 6) is -1.16. The molecule has 0 spiro atoms. The Morgan fingerprint density at radius 3 is 2.65 bits per heavy atom. The summed E-state index contributed by atoms with van der Waals surface area (Å²) < 4.78 is 32.6. The Balaban J connectivity index is 1.88. The van der Waals surface area contributed by atoms with Crippen LogP contribution in [-0.4, -0.2) is 11.1 Å². The maximum atomic E-state index is 14.2. The van der Waals surface area contributed by atoms with Gasteiger partial charge >= 0.3 is 0 Å². The van der Waals surface area contributed by atoms with Gasteiger partial charge in [-0.15, -0.1) is 0 Å². The highest BCUT2D eigenvalue weighted by molar-refractivity contribution is 6.33. The van der Waals surface area contributed by atoms with Crippen molar-refractivity contribution in [2.24, 2.45) is 0 Å². The van der Waals surface area contributed by atoms with Crippen LogP contribution in [0, 0.1) is 25.5 Å². The van der Waals surface area contributed by atoms with E-state index in [2.05, 4.69) is 10.5 Å². The predicted octanol–water partition coefficient (Wildman–Crippen LogP) is 4.82. The lowest BCUT2D eigenvalue weighted by Gasteiger charge is -2.08. The predicted molar refractivity (Wildman–Crippen MR) is 94.0 cm³/mol. The molecule has 1 N–H and O–H groups in total. The maximum absolute atomic E-state index is 14.2. The van der Waals surface area contributed by atoms with E-state index in [9.17, 15) is 13.6 Å². The van der Waals surface area contributed by atoms with Crippen molar-refractivity contribution in [1.29, 1.82) is 0 Å². The van der Waals surface area contributed by atoms with Crippen molar-refractivity contribution < 1.29 is 18.1 Å². The van der Waals surface area contributed by atoms with Gasteiger partial charge in [0.1, 0.15) is 28.7 Å². The Morgan fingerprint density at radius 1 is 1.19 bits per heavy atom. The number of carbonyl (C=O) groups excluding carboxylic acids is 1. The highest BCUT2D eigenvalue weighted by Gasteiger charge is 2.25. The highest BCUT2D eigenvalue weighted by atomic mass is 35.5. The van der Waals surface area contributed by atoms with Crippen LogP contribution < -0.4 is 5.32 Å². The summed E-state index contributed by atoms with van der Waals surface area (Å²) in [6, 6.07) is 8.76. The number of aryl methyl sites for hydroxylation is 2. The third kappa shape index (κ3) is 3.46. The number of nitrogens with one attached hydrogen (secondary N) is 1. The second kappa shape index (κ2) is 7.25. The van der Waals surface area contributed by atoms with E-state index in [0.717, 1.165) is 5.56 Å². The zero-order valence-electron chi connectivity index (χ0n) is 14.1. The fraction of sp³-hybridized carbons (Fsp3) is 0.158. The van der Waals surface area contributed by atoms with Crippen LogP contribution in [0.5, 0.6) is 0 Å². The van der Waals surface area contributed by atoms with Crippen molar-refractivity contribution >= 4 is 17.5 Å². The first-order valence-corrected chi connectivity index (χ1v) is 8.20. The first kappa shape index (κ1) is 18.1. The van der Waals surface area contributed by atoms with Crippen molar-refractivity contribution in [3.63, 3.8) is 0 Å². The average Bonchev–Trinajstić information content (AvgIpc) is 2.97. The molecular formula is C19H15ClF2N2O2. The largest absolute Gasteiger partial charge is 0.360 e. The summed E-state index contributed by atoms with van der Waals surface area (Å²) in [6.45, 7) is 3.38. The number of hydrogen-bond acceptors (Lipinski definition) is 3. The molecule has 3 aromatic rings. The zero-order valence-corrected chi connectivity index (χ0v) is 14.8. The molecule has 0 saturated heterocycles. The minimum absolute atomic E-state index is 0.00814. The topological polar surface area (TPSA) is 55.1 Å². The van der Waals surface area contributed by atoms with E-state index in [1.807, 2.05) is 0 Å². The lowest BCUT2D eigenvalue weighted by atomic mass is 10.0. The van der Waals surface area contributed by atoms with Crippen molar-refractivity contribution in [2.45, 2.75) is 20.4 Å². The van der Waals surface area contributed by atoms with E-state index in [1.54, 1.807) is 26.0 Å². The molecule has 0 saturated carbocycles. The van der Waals surface area contributed by atoms with Gasteiger partial charge in [0, 0.05) is 6.54 Å². The van der Waals surface area contributed by atoms with Crippen molar-refractivity contribution in [1.82, 2.24) is 10.5 Å². The van der Waals surface area contributed by atoms with E-state index < -0.39 is 11.7 Å². The number of nitrogens with zero attached hydrogens (tertiary/aromatic N) is 1. The van der Waals surface area contributed by atoms with Gasteiger partial charge in [0.2, 0.25) is 0 Å². The van der Waals surface area contributed by atoms with Crippen LogP contribution in [0.15, 0.2) is 40.9 Å². The van der Waals surface area contributed by atoms with Crippen molar-refractivity contribution in [3.8, 4) is 11.3 Å². The van der Waals surface area contributed by atoms with Gasteiger partial charge in [0.25, 0.3) is 5.91 Å². The highest BCUT2D eigenvalue weighted by Crippen LogP contribution is 2.33. The van der Waals surface area contributed by atoms with Crippen LogP contribution in [0.25, 0.3) is 11.3 Å². The molecule has 26 heavy (non-hydrogen) atoms. The van der Waals surface area contributed by atoms with E-state index >= 15 is 0 Å². The number of amides is 1. The summed E-state index contributed by atoms with van der Waals surface area (Å²) in [4.78, 5) is 12.6. The minimum Gasteiger partial charge on any atom is -0.360 e. The van der Waals surface area contributed by atoms with E-state index in [0.29, 0.717) is 5.56 Å². The van der Waals surface area contributed by atoms with Gasteiger partial charge in [-0.1, -0.05) is 35.0 Å². The van der Waals surface area contributed by atoms with E-state index in [-0.39, 0.29) is 40.0 Å². The van der Waals surface area contributed by atoms with Gasteiger partial charge in [-0.2, -0.15) is 0 Å². The minimum atomic E-state index is -0.603. The van der Waals surface area contributed by atoms with Crippen LogP contribution in [-0.2, 0) is 6.54 Å². The lowest BCUT2D eigenvalue weighted by molar-refractivity contribution is 0.0950. The molecule has 1 heterocycles. The number of rotatable bonds is 4. The normalized spacial score (nSPS) is 10.8. The fourth-order valence-corrected chi connectivity index (χ4v) is 2.87. The van der Waals surface area contributed by atoms with Crippen LogP contribution in [0.4, 0.5) is 8.78 Å². The molecule has 0 aliphatic rings. The van der Waals surface area contributed by atoms with Crippen LogP contribution in [0.2, 0.25) is 5.02 Å². The first-order chi connectivity index (χ1) is 12.4. The summed E-state index contributed by atoms with van der Waals surface area (Å²) >= 11 is 6.07. The van der Waals surface area contributed by atoms with Gasteiger partial charge in [-0.25, -0.2) is 8.78 Å². The third-order valence-electron chi connectivity index (χ3n) is 3.96. The first-order valence-electron chi connectivity index (χ1n) is 7.82. The van der Waals surface area contributed by atoms with Crippen molar-refractivity contribution in [2.75, 3.05) is 0 Å². The Labute approximate surface area is 153 Å². The molecule has 134 valence electrons. The van der Waals surface area contributed by atoms with Crippen molar-refractivity contribution in [3.05, 3.63) is 75.5 Å². The summed E-state index contributed by atoms with van der Waals surface area (Å²) in [5, 5.41) is 6.64. The third-order valence-corrected chi connectivity index (χ3v) is 4.28. The Bertz CT molecular complexity index is 965. The number of carbonyl (C=O) groups is 1. The molecule has 3 rings (SSSR count). The van der Waals surface area contributed by atoms with E-state index in [1.165, 1.54) is 24.3 Å². The number of halogens is 3. The monoisotopic (exact) mass is 376 g/mol. The quantitative estimate of drug-likeness (QED) is 0.710. The molecule has 0 fully saturated rings. The molecule has 1 aromatic heterocycles. The summed E-state index contributed by atoms with van der Waals surface area (Å²) in [6.07, 6.45) is 0. The number of hydrogen-bond donors (Lipinski definition) is 1. The molecule has 0 atom stereocenters. The Kier molecular flexibility index (Phi) is 5.04. The Morgan fingerprint density at radius 2 is 1.96 bits per heavy atom. The molecule has 0 unspecified atom stereocenters. The molecule has 0 aliphatic heterocycles. The second-order valence-electron chi connectivity index (χ2n) is 5.83. The van der Waals surface area contributed by atoms with Gasteiger partial charge in [0.05, 0.1) is 10.6 Å². The smallest absolute Gasteiger partial charge is 0.257 e. The van der Waals surface area contributed by atoms with Crippen LogP contribution >= 0.6 is 11.6 Å². The molecule has 0 aliphatic carbocycles. The standard InChI is InChI=1S/C19H15ClF2N2O2/c1-10-8-12(6-7-14(10)21)9-23-19(25)16-11(2)26-24-18(16)17-13(20)4-3-5-15(17)22/h3-8H,9H2,1-2H3,(H,23,25). The molecule has 0 bridgehead atoms. The second-order valence-corrected chi connectivity index (χ2v) is 6.23. The molecule has 0 radical (unpaired) electrons. The van der Waals surface area contributed by atoms with Crippen LogP contribution in [0.1, 0.15) is 27.2 Å². The molecule has 4 nitrogen and oxygen atoms in total. The number of aromatic nitrogens is 1. The summed E-state index contributed by atoms with van der Waals surface area (Å²) in [7, 11) is 0. The van der Waals surface area contributed by atoms with Crippen LogP contribution in [0.3, 0.4) is 0 Å². The zero-order chi connectivity index (χ0) is 18.8. The molecule has 1 amide bonds. The van der Waals surface area contributed by atoms with Gasteiger partial charge in [-0.05, 0) is 43.2 Å². The average molecular weight is 377 g/mol. The molecule has 2 aromatic carbocycles. The van der Waals surface area contributed by atoms with E-state index in [4.69, 9.17) is 16.1 Å². The fourth-order valence-electron chi connectivity index (χ4n) is 2.62. The maximum Gasteiger partial charge on any atom is 0.257 e. The van der Waals surface area contributed by atoms with Gasteiger partial charge < -0.3 is 9.84 Å². The molecule has 7 heteroatoms.